The molecule has 2 atom stereocenters. The third kappa shape index (κ3) is 5.65. The summed E-state index contributed by atoms with van der Waals surface area (Å²) in [5, 5.41) is 12.9. The summed E-state index contributed by atoms with van der Waals surface area (Å²) in [7, 11) is 1.75. The number of aliphatic hydroxyl groups is 1. The monoisotopic (exact) mass is 258 g/mol. The molecule has 1 saturated carbocycles. The van der Waals surface area contributed by atoms with Crippen LogP contribution in [-0.2, 0) is 4.74 Å². The molecule has 108 valence electrons. The molecule has 4 nitrogen and oxygen atoms in total. The van der Waals surface area contributed by atoms with Crippen molar-refractivity contribution in [1.29, 1.82) is 0 Å². The zero-order valence-corrected chi connectivity index (χ0v) is 12.4. The highest BCUT2D eigenvalue weighted by molar-refractivity contribution is 4.87. The molecule has 0 aromatic carbocycles. The topological polar surface area (TPSA) is 44.7 Å². The van der Waals surface area contributed by atoms with Gasteiger partial charge < -0.3 is 15.2 Å². The molecule has 18 heavy (non-hydrogen) atoms. The van der Waals surface area contributed by atoms with Crippen molar-refractivity contribution >= 4 is 0 Å². The predicted octanol–water partition coefficient (Wildman–Crippen LogP) is 1.09. The Morgan fingerprint density at radius 3 is 2.44 bits per heavy atom. The second-order valence-corrected chi connectivity index (χ2v) is 5.77. The summed E-state index contributed by atoms with van der Waals surface area (Å²) in [5.41, 5.74) is 0. The smallest absolute Gasteiger partial charge is 0.0597 e. The van der Waals surface area contributed by atoms with Gasteiger partial charge in [0.2, 0.25) is 0 Å². The summed E-state index contributed by atoms with van der Waals surface area (Å²) in [5.74, 6) is 0.847. The lowest BCUT2D eigenvalue weighted by Gasteiger charge is -2.33. The Balaban J connectivity index is 2.46. The Morgan fingerprint density at radius 2 is 2.00 bits per heavy atom. The molecule has 0 aromatic rings. The summed E-state index contributed by atoms with van der Waals surface area (Å²) in [6.45, 7) is 9.34. The van der Waals surface area contributed by atoms with Gasteiger partial charge in [-0.05, 0) is 25.7 Å². The van der Waals surface area contributed by atoms with E-state index in [9.17, 15) is 5.11 Å². The van der Waals surface area contributed by atoms with E-state index in [4.69, 9.17) is 4.74 Å². The minimum atomic E-state index is 0.156. The van der Waals surface area contributed by atoms with Crippen molar-refractivity contribution in [3.63, 3.8) is 0 Å². The molecule has 0 radical (unpaired) electrons. The molecule has 1 aliphatic carbocycles. The number of nitrogens with one attached hydrogen (secondary N) is 1. The van der Waals surface area contributed by atoms with Gasteiger partial charge in [-0.25, -0.2) is 0 Å². The van der Waals surface area contributed by atoms with Crippen LogP contribution < -0.4 is 5.32 Å². The molecule has 4 heteroatoms. The van der Waals surface area contributed by atoms with E-state index in [-0.39, 0.29) is 12.6 Å². The normalized spacial score (nSPS) is 19.5. The highest BCUT2D eigenvalue weighted by Gasteiger charge is 2.32. The maximum Gasteiger partial charge on any atom is 0.0597 e. The molecule has 1 aliphatic rings. The van der Waals surface area contributed by atoms with Crippen LogP contribution >= 0.6 is 0 Å². The molecule has 2 N–H and O–H groups in total. The van der Waals surface area contributed by atoms with Crippen LogP contribution in [-0.4, -0.2) is 61.5 Å². The van der Waals surface area contributed by atoms with Gasteiger partial charge in [0.15, 0.2) is 0 Å². The summed E-state index contributed by atoms with van der Waals surface area (Å²) in [4.78, 5) is 2.46. The van der Waals surface area contributed by atoms with E-state index in [1.807, 2.05) is 0 Å². The van der Waals surface area contributed by atoms with Crippen molar-refractivity contribution in [3.05, 3.63) is 0 Å². The van der Waals surface area contributed by atoms with Crippen LogP contribution in [0.4, 0.5) is 0 Å². The van der Waals surface area contributed by atoms with Gasteiger partial charge in [-0.3, -0.25) is 4.90 Å². The van der Waals surface area contributed by atoms with Gasteiger partial charge >= 0.3 is 0 Å². The summed E-state index contributed by atoms with van der Waals surface area (Å²) >= 11 is 0. The lowest BCUT2D eigenvalue weighted by atomic mass is 10.1. The average Bonchev–Trinajstić information content (AvgIpc) is 3.15. The Kier molecular flexibility index (Phi) is 7.15. The molecule has 0 amide bonds. The highest BCUT2D eigenvalue weighted by atomic mass is 16.5. The Morgan fingerprint density at radius 1 is 1.33 bits per heavy atom. The average molecular weight is 258 g/mol. The Hall–Kier alpha value is -0.160. The van der Waals surface area contributed by atoms with Crippen molar-refractivity contribution in [1.82, 2.24) is 10.2 Å². The molecular weight excluding hydrogens is 228 g/mol. The van der Waals surface area contributed by atoms with E-state index in [2.05, 4.69) is 31.0 Å². The van der Waals surface area contributed by atoms with Crippen LogP contribution in [0, 0.1) is 5.92 Å². The Bertz CT molecular complexity index is 220. The van der Waals surface area contributed by atoms with E-state index in [1.165, 1.54) is 12.8 Å². The zero-order chi connectivity index (χ0) is 13.5. The van der Waals surface area contributed by atoms with Crippen molar-refractivity contribution < 1.29 is 9.84 Å². The maximum atomic E-state index is 9.46. The molecule has 0 aliphatic heterocycles. The van der Waals surface area contributed by atoms with Crippen LogP contribution in [0.1, 0.15) is 33.6 Å². The van der Waals surface area contributed by atoms with Gasteiger partial charge in [0, 0.05) is 38.3 Å². The quantitative estimate of drug-likeness (QED) is 0.616. The fourth-order valence-electron chi connectivity index (χ4n) is 2.46. The van der Waals surface area contributed by atoms with Crippen molar-refractivity contribution in [2.45, 2.75) is 51.7 Å². The minimum Gasteiger partial charge on any atom is -0.395 e. The van der Waals surface area contributed by atoms with Crippen LogP contribution in [0.3, 0.4) is 0 Å². The third-order valence-electron chi connectivity index (χ3n) is 3.71. The van der Waals surface area contributed by atoms with Gasteiger partial charge in [-0.2, -0.15) is 0 Å². The number of rotatable bonds is 10. The van der Waals surface area contributed by atoms with Gasteiger partial charge in [0.1, 0.15) is 0 Å². The Labute approximate surface area is 112 Å². The van der Waals surface area contributed by atoms with E-state index >= 15 is 0 Å². The van der Waals surface area contributed by atoms with Crippen LogP contribution in [0.5, 0.6) is 0 Å². The lowest BCUT2D eigenvalue weighted by Crippen LogP contribution is -2.49. The second kappa shape index (κ2) is 8.10. The van der Waals surface area contributed by atoms with Gasteiger partial charge in [-0.1, -0.05) is 13.8 Å². The molecule has 0 heterocycles. The predicted molar refractivity (Wildman–Crippen MR) is 74.8 cm³/mol. The number of nitrogens with zero attached hydrogens (tertiary/aromatic N) is 1. The zero-order valence-electron chi connectivity index (χ0n) is 12.4. The van der Waals surface area contributed by atoms with Gasteiger partial charge in [0.25, 0.3) is 0 Å². The number of hydrogen-bond donors (Lipinski definition) is 2. The lowest BCUT2D eigenvalue weighted by molar-refractivity contribution is 0.0953. The molecule has 1 rings (SSSR count). The number of hydrogen-bond acceptors (Lipinski definition) is 4. The van der Waals surface area contributed by atoms with Gasteiger partial charge in [-0.15, -0.1) is 0 Å². The second-order valence-electron chi connectivity index (χ2n) is 5.77. The number of aliphatic hydroxyl groups excluding tert-OH is 1. The first-order valence-corrected chi connectivity index (χ1v) is 7.18. The number of ether oxygens (including phenoxy) is 1. The minimum absolute atomic E-state index is 0.156. The van der Waals surface area contributed by atoms with E-state index in [1.54, 1.807) is 7.11 Å². The molecule has 2 unspecified atom stereocenters. The molecular formula is C14H30N2O2. The van der Waals surface area contributed by atoms with Crippen LogP contribution in [0.25, 0.3) is 0 Å². The molecule has 0 saturated heterocycles. The fourth-order valence-corrected chi connectivity index (χ4v) is 2.46. The highest BCUT2D eigenvalue weighted by Crippen LogP contribution is 2.35. The fraction of sp³-hybridized carbons (Fsp3) is 1.00. The first-order valence-electron chi connectivity index (χ1n) is 7.18. The van der Waals surface area contributed by atoms with Gasteiger partial charge in [0.05, 0.1) is 13.2 Å². The first kappa shape index (κ1) is 15.9. The van der Waals surface area contributed by atoms with E-state index in [0.717, 1.165) is 25.6 Å². The van der Waals surface area contributed by atoms with Crippen molar-refractivity contribution in [2.75, 3.05) is 33.4 Å². The largest absolute Gasteiger partial charge is 0.395 e. The molecule has 0 bridgehead atoms. The molecule has 0 aromatic heterocycles. The van der Waals surface area contributed by atoms with Crippen LogP contribution in [0.2, 0.25) is 0 Å². The van der Waals surface area contributed by atoms with Crippen molar-refractivity contribution in [3.8, 4) is 0 Å². The summed E-state index contributed by atoms with van der Waals surface area (Å²) < 4.78 is 5.19. The standard InChI is InChI=1S/C14H30N2O2/c1-11(2)15-14(10-17)9-16(7-8-18-4)12(3)13-5-6-13/h11-15,17H,5-10H2,1-4H3. The maximum absolute atomic E-state index is 9.46. The molecule has 1 fully saturated rings. The van der Waals surface area contributed by atoms with E-state index in [0.29, 0.717) is 12.1 Å². The van der Waals surface area contributed by atoms with Crippen LogP contribution in [0.15, 0.2) is 0 Å². The molecule has 0 spiro atoms. The third-order valence-corrected chi connectivity index (χ3v) is 3.71. The SMILES string of the molecule is COCCN(CC(CO)NC(C)C)C(C)C1CC1. The number of methoxy groups -OCH3 is 1. The van der Waals surface area contributed by atoms with E-state index < -0.39 is 0 Å². The summed E-state index contributed by atoms with van der Waals surface area (Å²) in [6, 6.07) is 1.16. The first-order chi connectivity index (χ1) is 8.58. The van der Waals surface area contributed by atoms with Crippen molar-refractivity contribution in [2.24, 2.45) is 5.92 Å². The summed E-state index contributed by atoms with van der Waals surface area (Å²) in [6.07, 6.45) is 2.71.